The zero-order chi connectivity index (χ0) is 21.5. The first-order valence-corrected chi connectivity index (χ1v) is 11.7. The van der Waals surface area contributed by atoms with Crippen molar-refractivity contribution in [2.75, 3.05) is 25.9 Å². The number of halogens is 1. The van der Waals surface area contributed by atoms with Crippen molar-refractivity contribution in [1.82, 2.24) is 4.90 Å². The number of ether oxygens (including phenoxy) is 1. The molecule has 30 heavy (non-hydrogen) atoms. The van der Waals surface area contributed by atoms with Crippen LogP contribution in [0.1, 0.15) is 17.5 Å². The van der Waals surface area contributed by atoms with Gasteiger partial charge < -0.3 is 9.64 Å². The Kier molecular flexibility index (Phi) is 5.66. The summed E-state index contributed by atoms with van der Waals surface area (Å²) in [5, 5.41) is 2.22. The molecule has 1 N–H and O–H groups in total. The van der Waals surface area contributed by atoms with E-state index >= 15 is 0 Å². The van der Waals surface area contributed by atoms with E-state index in [4.69, 9.17) is 16.3 Å². The first-order chi connectivity index (χ1) is 14.3. The minimum absolute atomic E-state index is 0.212. The number of nitrogens with one attached hydrogen (secondary N) is 1. The van der Waals surface area contributed by atoms with Gasteiger partial charge in [-0.15, -0.1) is 0 Å². The van der Waals surface area contributed by atoms with Gasteiger partial charge in [-0.1, -0.05) is 29.8 Å². The van der Waals surface area contributed by atoms with Crippen LogP contribution in [0.5, 0.6) is 5.75 Å². The summed E-state index contributed by atoms with van der Waals surface area (Å²) >= 11 is 6.21. The summed E-state index contributed by atoms with van der Waals surface area (Å²) in [6.45, 7) is 0. The van der Waals surface area contributed by atoms with Gasteiger partial charge in [-0.05, 0) is 74.6 Å². The topological polar surface area (TPSA) is 58.6 Å². The summed E-state index contributed by atoms with van der Waals surface area (Å²) in [6, 6.07) is 14.5. The van der Waals surface area contributed by atoms with E-state index < -0.39 is 10.0 Å². The van der Waals surface area contributed by atoms with E-state index in [1.54, 1.807) is 37.4 Å². The van der Waals surface area contributed by atoms with Gasteiger partial charge in [0.15, 0.2) is 0 Å². The summed E-state index contributed by atoms with van der Waals surface area (Å²) < 4.78 is 34.7. The molecule has 1 atom stereocenters. The van der Waals surface area contributed by atoms with E-state index in [0.29, 0.717) is 16.8 Å². The van der Waals surface area contributed by atoms with Crippen molar-refractivity contribution in [3.05, 3.63) is 64.7 Å². The molecule has 0 radical (unpaired) electrons. The standard InChI is InChI=1S/C23H25ClN2O3S/c1-26(2)16-7-9-19-20(14-16)23(29-3)12-11-22(19)25-30(27,28)17-8-10-18-15(13-17)5-4-6-21(18)24/h4-6,8,10-13,16,25H,7,9,14H2,1-3H3/t16-/m0/s1. The molecule has 0 amide bonds. The molecule has 0 saturated carbocycles. The fraction of sp³-hybridized carbons (Fsp3) is 0.304. The van der Waals surface area contributed by atoms with Crippen LogP contribution in [0.15, 0.2) is 53.4 Å². The molecule has 158 valence electrons. The lowest BCUT2D eigenvalue weighted by atomic mass is 9.86. The number of likely N-dealkylation sites (N-methyl/N-ethyl adjacent to an activating group) is 1. The third-order valence-corrected chi connectivity index (χ3v) is 7.55. The molecule has 0 saturated heterocycles. The highest BCUT2D eigenvalue weighted by Gasteiger charge is 2.27. The quantitative estimate of drug-likeness (QED) is 0.618. The first-order valence-electron chi connectivity index (χ1n) is 9.86. The normalized spacial score (nSPS) is 16.5. The predicted molar refractivity (Wildman–Crippen MR) is 122 cm³/mol. The Balaban J connectivity index is 1.71. The molecule has 0 bridgehead atoms. The molecule has 7 heteroatoms. The number of rotatable bonds is 5. The van der Waals surface area contributed by atoms with Gasteiger partial charge in [0.05, 0.1) is 17.7 Å². The number of hydrogen-bond donors (Lipinski definition) is 1. The average Bonchev–Trinajstić information content (AvgIpc) is 2.73. The van der Waals surface area contributed by atoms with Crippen molar-refractivity contribution in [2.24, 2.45) is 0 Å². The highest BCUT2D eigenvalue weighted by atomic mass is 35.5. The van der Waals surface area contributed by atoms with Crippen LogP contribution in [0, 0.1) is 0 Å². The lowest BCUT2D eigenvalue weighted by Gasteiger charge is -2.32. The van der Waals surface area contributed by atoms with Gasteiger partial charge in [0.25, 0.3) is 10.0 Å². The maximum absolute atomic E-state index is 13.2. The highest BCUT2D eigenvalue weighted by Crippen LogP contribution is 2.37. The van der Waals surface area contributed by atoms with Crippen molar-refractivity contribution >= 4 is 38.1 Å². The Morgan fingerprint density at radius 2 is 1.90 bits per heavy atom. The van der Waals surface area contributed by atoms with E-state index in [1.165, 1.54) is 0 Å². The average molecular weight is 445 g/mol. The number of hydrogen-bond acceptors (Lipinski definition) is 4. The molecule has 3 aromatic rings. The maximum atomic E-state index is 13.2. The van der Waals surface area contributed by atoms with Gasteiger partial charge in [0.2, 0.25) is 0 Å². The Bertz CT molecular complexity index is 1210. The number of nitrogens with zero attached hydrogens (tertiary/aromatic N) is 1. The zero-order valence-corrected chi connectivity index (χ0v) is 18.8. The summed E-state index contributed by atoms with van der Waals surface area (Å²) in [7, 11) is 2.05. The van der Waals surface area contributed by atoms with Crippen molar-refractivity contribution in [3.8, 4) is 5.75 Å². The van der Waals surface area contributed by atoms with Crippen LogP contribution in [0.4, 0.5) is 5.69 Å². The summed E-state index contributed by atoms with van der Waals surface area (Å²) in [5.74, 6) is 0.805. The Hall–Kier alpha value is -2.28. The van der Waals surface area contributed by atoms with Crippen LogP contribution in [0.25, 0.3) is 10.8 Å². The fourth-order valence-corrected chi connectivity index (χ4v) is 5.52. The maximum Gasteiger partial charge on any atom is 0.261 e. The van der Waals surface area contributed by atoms with Gasteiger partial charge >= 0.3 is 0 Å². The van der Waals surface area contributed by atoms with Gasteiger partial charge in [-0.2, -0.15) is 0 Å². The predicted octanol–water partition coefficient (Wildman–Crippen LogP) is 4.72. The molecule has 1 aliphatic rings. The third-order valence-electron chi connectivity index (χ3n) is 5.86. The van der Waals surface area contributed by atoms with Crippen LogP contribution in [0.3, 0.4) is 0 Å². The molecular formula is C23H25ClN2O3S. The van der Waals surface area contributed by atoms with Crippen molar-refractivity contribution in [1.29, 1.82) is 0 Å². The number of anilines is 1. The molecule has 3 aromatic carbocycles. The van der Waals surface area contributed by atoms with Crippen LogP contribution in [-0.2, 0) is 22.9 Å². The number of methoxy groups -OCH3 is 1. The molecule has 0 fully saturated rings. The minimum atomic E-state index is -3.74. The van der Waals surface area contributed by atoms with Gasteiger partial charge in [0.1, 0.15) is 5.75 Å². The number of benzene rings is 3. The van der Waals surface area contributed by atoms with Gasteiger partial charge in [0, 0.05) is 22.0 Å². The second-order valence-electron chi connectivity index (χ2n) is 7.86. The highest BCUT2D eigenvalue weighted by molar-refractivity contribution is 7.92. The van der Waals surface area contributed by atoms with E-state index in [2.05, 4.69) is 23.7 Å². The van der Waals surface area contributed by atoms with Crippen LogP contribution >= 0.6 is 11.6 Å². The molecule has 0 heterocycles. The van der Waals surface area contributed by atoms with E-state index in [-0.39, 0.29) is 4.90 Å². The largest absolute Gasteiger partial charge is 0.496 e. The minimum Gasteiger partial charge on any atom is -0.496 e. The molecular weight excluding hydrogens is 420 g/mol. The van der Waals surface area contributed by atoms with Crippen molar-refractivity contribution in [2.45, 2.75) is 30.2 Å². The molecule has 4 rings (SSSR count). The van der Waals surface area contributed by atoms with Crippen LogP contribution < -0.4 is 9.46 Å². The Morgan fingerprint density at radius 3 is 2.63 bits per heavy atom. The monoisotopic (exact) mass is 444 g/mol. The Labute approximate surface area is 182 Å². The molecule has 1 aliphatic carbocycles. The Morgan fingerprint density at radius 1 is 1.10 bits per heavy atom. The van der Waals surface area contributed by atoms with Crippen molar-refractivity contribution < 1.29 is 13.2 Å². The summed E-state index contributed by atoms with van der Waals surface area (Å²) in [6.07, 6.45) is 2.59. The molecule has 0 unspecified atom stereocenters. The number of sulfonamides is 1. The summed E-state index contributed by atoms with van der Waals surface area (Å²) in [4.78, 5) is 2.42. The zero-order valence-electron chi connectivity index (χ0n) is 17.3. The fourth-order valence-electron chi connectivity index (χ4n) is 4.15. The van der Waals surface area contributed by atoms with Crippen LogP contribution in [-0.4, -0.2) is 40.6 Å². The van der Waals surface area contributed by atoms with Gasteiger partial charge in [-0.3, -0.25) is 4.72 Å². The van der Waals surface area contributed by atoms with E-state index in [1.807, 2.05) is 18.2 Å². The molecule has 0 aromatic heterocycles. The van der Waals surface area contributed by atoms with E-state index in [9.17, 15) is 8.42 Å². The SMILES string of the molecule is COc1ccc(NS(=O)(=O)c2ccc3c(Cl)cccc3c2)c2c1C[C@@H](N(C)C)CC2. The third kappa shape index (κ3) is 3.87. The summed E-state index contributed by atoms with van der Waals surface area (Å²) in [5.41, 5.74) is 2.71. The second kappa shape index (κ2) is 8.10. The second-order valence-corrected chi connectivity index (χ2v) is 9.95. The molecule has 5 nitrogen and oxygen atoms in total. The smallest absolute Gasteiger partial charge is 0.261 e. The molecule has 0 aliphatic heterocycles. The first kappa shape index (κ1) is 21.0. The van der Waals surface area contributed by atoms with Crippen molar-refractivity contribution in [3.63, 3.8) is 0 Å². The molecule has 0 spiro atoms. The van der Waals surface area contributed by atoms with Gasteiger partial charge in [-0.25, -0.2) is 8.42 Å². The number of fused-ring (bicyclic) bond motifs is 2. The van der Waals surface area contributed by atoms with E-state index in [0.717, 1.165) is 46.9 Å². The lowest BCUT2D eigenvalue weighted by molar-refractivity contribution is 0.265. The van der Waals surface area contributed by atoms with Crippen LogP contribution in [0.2, 0.25) is 5.02 Å². The lowest BCUT2D eigenvalue weighted by Crippen LogP contribution is -2.34.